The van der Waals surface area contributed by atoms with Crippen LogP contribution in [-0.4, -0.2) is 31.2 Å². The third-order valence-electron chi connectivity index (χ3n) is 3.49. The van der Waals surface area contributed by atoms with E-state index in [1.807, 2.05) is 49.5 Å². The molecule has 0 aliphatic rings. The van der Waals surface area contributed by atoms with Crippen LogP contribution < -0.4 is 5.32 Å². The molecule has 0 aliphatic carbocycles. The van der Waals surface area contributed by atoms with Crippen molar-refractivity contribution in [3.63, 3.8) is 0 Å². The number of benzene rings is 1. The molecule has 0 radical (unpaired) electrons. The number of rotatable bonds is 7. The van der Waals surface area contributed by atoms with Crippen molar-refractivity contribution in [1.29, 1.82) is 0 Å². The number of hydrogen-bond acceptors (Lipinski definition) is 5. The van der Waals surface area contributed by atoms with Crippen molar-refractivity contribution in [1.82, 2.24) is 5.32 Å². The molecule has 0 aromatic heterocycles. The van der Waals surface area contributed by atoms with Crippen molar-refractivity contribution in [3.8, 4) is 0 Å². The van der Waals surface area contributed by atoms with Gasteiger partial charge in [0.15, 0.2) is 6.61 Å². The molecule has 0 aliphatic heterocycles. The molecule has 1 N–H and O–H groups in total. The van der Waals surface area contributed by atoms with E-state index in [-0.39, 0.29) is 12.5 Å². The van der Waals surface area contributed by atoms with E-state index < -0.39 is 30.5 Å². The van der Waals surface area contributed by atoms with E-state index in [1.54, 1.807) is 6.92 Å². The molecule has 0 fully saturated rings. The Balaban J connectivity index is 2.65. The van der Waals surface area contributed by atoms with E-state index in [9.17, 15) is 14.4 Å². The number of alkyl carbamates (subject to hydrolysis) is 1. The van der Waals surface area contributed by atoms with E-state index in [2.05, 4.69) is 4.74 Å². The highest BCUT2D eigenvalue weighted by atomic mass is 16.6. The summed E-state index contributed by atoms with van der Waals surface area (Å²) < 4.78 is 9.64. The van der Waals surface area contributed by atoms with Crippen molar-refractivity contribution in [2.45, 2.75) is 33.1 Å². The summed E-state index contributed by atoms with van der Waals surface area (Å²) in [7, 11) is 0. The highest BCUT2D eigenvalue weighted by Crippen LogP contribution is 2.28. The monoisotopic (exact) mass is 321 g/mol. The van der Waals surface area contributed by atoms with Crippen molar-refractivity contribution in [3.05, 3.63) is 35.9 Å². The molecule has 0 spiro atoms. The van der Waals surface area contributed by atoms with Gasteiger partial charge in [-0.3, -0.25) is 14.9 Å². The zero-order valence-electron chi connectivity index (χ0n) is 13.7. The van der Waals surface area contributed by atoms with Gasteiger partial charge in [0.2, 0.25) is 0 Å². The number of carbonyl (C=O) groups is 3. The summed E-state index contributed by atoms with van der Waals surface area (Å²) in [5.41, 5.74) is 0.845. The highest BCUT2D eigenvalue weighted by Gasteiger charge is 2.27. The van der Waals surface area contributed by atoms with Crippen LogP contribution in [0, 0.1) is 5.92 Å². The molecule has 2 atom stereocenters. The average molecular weight is 321 g/mol. The first-order valence-electron chi connectivity index (χ1n) is 7.67. The Bertz CT molecular complexity index is 529. The second-order valence-corrected chi connectivity index (χ2v) is 5.15. The van der Waals surface area contributed by atoms with Crippen LogP contribution in [0.15, 0.2) is 30.3 Å². The SMILES string of the molecule is CCOC(=O)NC(=O)COC(=O)C(c1ccccc1)C(C)CC. The fourth-order valence-electron chi connectivity index (χ4n) is 2.14. The van der Waals surface area contributed by atoms with Gasteiger partial charge in [0.1, 0.15) is 0 Å². The van der Waals surface area contributed by atoms with Gasteiger partial charge in [-0.2, -0.15) is 0 Å². The van der Waals surface area contributed by atoms with Crippen LogP contribution in [0.2, 0.25) is 0 Å². The Hall–Kier alpha value is -2.37. The molecular weight excluding hydrogens is 298 g/mol. The number of esters is 1. The molecule has 1 aromatic carbocycles. The minimum Gasteiger partial charge on any atom is -0.455 e. The highest BCUT2D eigenvalue weighted by molar-refractivity contribution is 5.93. The first kappa shape index (κ1) is 18.7. The van der Waals surface area contributed by atoms with Gasteiger partial charge >= 0.3 is 12.1 Å². The first-order chi connectivity index (χ1) is 11.0. The average Bonchev–Trinajstić information content (AvgIpc) is 2.54. The lowest BCUT2D eigenvalue weighted by Crippen LogP contribution is -2.35. The summed E-state index contributed by atoms with van der Waals surface area (Å²) in [6.45, 7) is 5.21. The molecule has 2 amide bonds. The maximum absolute atomic E-state index is 12.3. The van der Waals surface area contributed by atoms with Crippen LogP contribution in [0.3, 0.4) is 0 Å². The van der Waals surface area contributed by atoms with Gasteiger partial charge < -0.3 is 9.47 Å². The Morgan fingerprint density at radius 2 is 1.74 bits per heavy atom. The van der Waals surface area contributed by atoms with E-state index in [4.69, 9.17) is 4.74 Å². The topological polar surface area (TPSA) is 81.7 Å². The Morgan fingerprint density at radius 1 is 1.09 bits per heavy atom. The molecule has 0 bridgehead atoms. The molecule has 126 valence electrons. The van der Waals surface area contributed by atoms with Crippen LogP contribution in [-0.2, 0) is 19.1 Å². The molecule has 6 nitrogen and oxygen atoms in total. The molecule has 1 aromatic rings. The number of hydrogen-bond donors (Lipinski definition) is 1. The molecular formula is C17H23NO5. The molecule has 6 heteroatoms. The summed E-state index contributed by atoms with van der Waals surface area (Å²) in [5, 5.41) is 1.98. The molecule has 1 rings (SSSR count). The molecule has 0 saturated carbocycles. The number of amides is 2. The minimum atomic E-state index is -0.852. The lowest BCUT2D eigenvalue weighted by molar-refractivity contribution is -0.151. The van der Waals surface area contributed by atoms with Gasteiger partial charge in [-0.1, -0.05) is 50.6 Å². The van der Waals surface area contributed by atoms with Gasteiger partial charge in [0, 0.05) is 0 Å². The van der Waals surface area contributed by atoms with Gasteiger partial charge in [-0.15, -0.1) is 0 Å². The third kappa shape index (κ3) is 6.10. The summed E-state index contributed by atoms with van der Waals surface area (Å²) in [6, 6.07) is 9.29. The van der Waals surface area contributed by atoms with Gasteiger partial charge in [0.05, 0.1) is 12.5 Å². The number of nitrogens with one attached hydrogen (secondary N) is 1. The second kappa shape index (κ2) is 9.61. The largest absolute Gasteiger partial charge is 0.455 e. The zero-order valence-corrected chi connectivity index (χ0v) is 13.7. The quantitative estimate of drug-likeness (QED) is 0.781. The van der Waals surface area contributed by atoms with Crippen molar-refractivity contribution < 1.29 is 23.9 Å². The van der Waals surface area contributed by atoms with Crippen molar-refractivity contribution in [2.75, 3.05) is 13.2 Å². The van der Waals surface area contributed by atoms with E-state index in [0.717, 1.165) is 12.0 Å². The molecule has 0 heterocycles. The van der Waals surface area contributed by atoms with Gasteiger partial charge in [-0.25, -0.2) is 4.79 Å². The fourth-order valence-corrected chi connectivity index (χ4v) is 2.14. The summed E-state index contributed by atoms with van der Waals surface area (Å²) in [5.74, 6) is -1.58. The van der Waals surface area contributed by atoms with Crippen molar-refractivity contribution in [2.24, 2.45) is 5.92 Å². The molecule has 23 heavy (non-hydrogen) atoms. The number of imide groups is 1. The molecule has 2 unspecified atom stereocenters. The van der Waals surface area contributed by atoms with Crippen LogP contribution in [0.25, 0.3) is 0 Å². The Labute approximate surface area is 136 Å². The van der Waals surface area contributed by atoms with Crippen LogP contribution in [0.4, 0.5) is 4.79 Å². The maximum Gasteiger partial charge on any atom is 0.413 e. The third-order valence-corrected chi connectivity index (χ3v) is 3.49. The summed E-state index contributed by atoms with van der Waals surface area (Å²) in [6.07, 6.45) is -0.0565. The smallest absolute Gasteiger partial charge is 0.413 e. The summed E-state index contributed by atoms with van der Waals surface area (Å²) in [4.78, 5) is 35.0. The van der Waals surface area contributed by atoms with E-state index >= 15 is 0 Å². The number of ether oxygens (including phenoxy) is 2. The predicted octanol–water partition coefficient (Wildman–Crippen LogP) is 2.63. The first-order valence-corrected chi connectivity index (χ1v) is 7.67. The Kier molecular flexibility index (Phi) is 7.80. The minimum absolute atomic E-state index is 0.0676. The molecule has 0 saturated heterocycles. The normalized spacial score (nSPS) is 12.8. The second-order valence-electron chi connectivity index (χ2n) is 5.15. The van der Waals surface area contributed by atoms with E-state index in [0.29, 0.717) is 0 Å². The zero-order chi connectivity index (χ0) is 17.2. The van der Waals surface area contributed by atoms with Gasteiger partial charge in [-0.05, 0) is 18.4 Å². The number of carbonyl (C=O) groups excluding carboxylic acids is 3. The maximum atomic E-state index is 12.3. The van der Waals surface area contributed by atoms with Crippen LogP contribution in [0.1, 0.15) is 38.7 Å². The lowest BCUT2D eigenvalue weighted by Gasteiger charge is -2.21. The van der Waals surface area contributed by atoms with Gasteiger partial charge in [0.25, 0.3) is 5.91 Å². The summed E-state index contributed by atoms with van der Waals surface area (Å²) >= 11 is 0. The van der Waals surface area contributed by atoms with Crippen LogP contribution >= 0.6 is 0 Å². The lowest BCUT2D eigenvalue weighted by atomic mass is 9.86. The van der Waals surface area contributed by atoms with E-state index in [1.165, 1.54) is 0 Å². The fraction of sp³-hybridized carbons (Fsp3) is 0.471. The predicted molar refractivity (Wildman–Crippen MR) is 84.8 cm³/mol. The van der Waals surface area contributed by atoms with Crippen molar-refractivity contribution >= 4 is 18.0 Å². The standard InChI is InChI=1S/C17H23NO5/c1-4-12(3)15(13-9-7-6-8-10-13)16(20)23-11-14(19)18-17(21)22-5-2/h6-10,12,15H,4-5,11H2,1-3H3,(H,18,19,21). The Morgan fingerprint density at radius 3 is 2.30 bits per heavy atom. The van der Waals surface area contributed by atoms with Crippen LogP contribution in [0.5, 0.6) is 0 Å².